The lowest BCUT2D eigenvalue weighted by Crippen LogP contribution is -2.31. The first-order valence-electron chi connectivity index (χ1n) is 11.3. The molecule has 1 aromatic heterocycles. The minimum atomic E-state index is -1.13. The van der Waals surface area contributed by atoms with E-state index in [1.807, 2.05) is 42.5 Å². The summed E-state index contributed by atoms with van der Waals surface area (Å²) in [5.74, 6) is 0.475. The number of carbonyl (C=O) groups excluding carboxylic acids is 1. The Morgan fingerprint density at radius 3 is 2.44 bits per heavy atom. The van der Waals surface area contributed by atoms with Crippen molar-refractivity contribution in [2.75, 3.05) is 5.32 Å². The molecule has 0 atom stereocenters. The number of aromatic nitrogens is 2. The fourth-order valence-corrected chi connectivity index (χ4v) is 4.54. The van der Waals surface area contributed by atoms with Crippen LogP contribution in [0.15, 0.2) is 72.8 Å². The number of hydrogen-bond donors (Lipinski definition) is 2. The fourth-order valence-electron chi connectivity index (χ4n) is 4.37. The number of hydrogen-bond acceptors (Lipinski definition) is 4. The summed E-state index contributed by atoms with van der Waals surface area (Å²) < 4.78 is 7.63. The molecule has 0 saturated carbocycles. The number of halogens is 1. The second kappa shape index (κ2) is 9.75. The van der Waals surface area contributed by atoms with Gasteiger partial charge in [-0.15, -0.1) is 0 Å². The second-order valence-electron chi connectivity index (χ2n) is 8.50. The van der Waals surface area contributed by atoms with Crippen LogP contribution in [0.25, 0.3) is 11.3 Å². The normalized spacial score (nSPS) is 11.7. The van der Waals surface area contributed by atoms with Gasteiger partial charge in [-0.2, -0.15) is 5.10 Å². The second-order valence-corrected chi connectivity index (χ2v) is 8.94. The van der Waals surface area contributed by atoms with E-state index in [0.717, 1.165) is 27.9 Å². The average molecular weight is 503 g/mol. The van der Waals surface area contributed by atoms with Gasteiger partial charge in [-0.1, -0.05) is 54.1 Å². The zero-order valence-electron chi connectivity index (χ0n) is 19.4. The van der Waals surface area contributed by atoms with E-state index in [1.165, 1.54) is 0 Å². The predicted molar refractivity (Wildman–Crippen MR) is 136 cm³/mol. The van der Waals surface area contributed by atoms with Gasteiger partial charge >= 0.3 is 6.09 Å². The Bertz CT molecular complexity index is 1430. The van der Waals surface area contributed by atoms with Crippen LogP contribution in [0.4, 0.5) is 10.5 Å². The number of aryl methyl sites for hydroxylation is 1. The van der Waals surface area contributed by atoms with Crippen LogP contribution in [0.5, 0.6) is 5.75 Å². The molecule has 0 spiro atoms. The number of nitrogens with zero attached hydrogens (tertiary/aromatic N) is 3. The van der Waals surface area contributed by atoms with E-state index in [2.05, 4.69) is 10.4 Å². The van der Waals surface area contributed by atoms with Gasteiger partial charge < -0.3 is 14.7 Å². The number of anilines is 1. The van der Waals surface area contributed by atoms with E-state index in [-0.39, 0.29) is 12.5 Å². The number of carbonyl (C=O) groups is 2. The molecule has 0 fully saturated rings. The average Bonchev–Trinajstić information content (AvgIpc) is 3.21. The number of rotatable bonds is 6. The summed E-state index contributed by atoms with van der Waals surface area (Å²) in [7, 11) is 1.81. The van der Waals surface area contributed by atoms with Gasteiger partial charge in [0.25, 0.3) is 5.91 Å². The molecule has 0 unspecified atom stereocenters. The number of amides is 2. The maximum absolute atomic E-state index is 13.9. The molecule has 182 valence electrons. The van der Waals surface area contributed by atoms with Gasteiger partial charge in [-0.05, 0) is 41.5 Å². The molecule has 3 aromatic carbocycles. The van der Waals surface area contributed by atoms with Crippen LogP contribution in [-0.2, 0) is 26.7 Å². The molecule has 5 rings (SSSR count). The highest BCUT2D eigenvalue weighted by Crippen LogP contribution is 2.40. The molecule has 0 aliphatic carbocycles. The first kappa shape index (κ1) is 23.4. The van der Waals surface area contributed by atoms with Gasteiger partial charge in [0.05, 0.1) is 5.69 Å². The summed E-state index contributed by atoms with van der Waals surface area (Å²) in [5, 5.41) is 16.4. The van der Waals surface area contributed by atoms with E-state index in [9.17, 15) is 9.59 Å². The maximum Gasteiger partial charge on any atom is 0.409 e. The van der Waals surface area contributed by atoms with Crippen LogP contribution < -0.4 is 10.1 Å². The molecule has 1 aliphatic heterocycles. The lowest BCUT2D eigenvalue weighted by molar-refractivity contribution is 0.0720. The quantitative estimate of drug-likeness (QED) is 0.359. The molecule has 36 heavy (non-hydrogen) atoms. The van der Waals surface area contributed by atoms with Crippen molar-refractivity contribution >= 4 is 29.3 Å². The Labute approximate surface area is 212 Å². The molecule has 0 saturated heterocycles. The molecular weight excluding hydrogens is 480 g/mol. The van der Waals surface area contributed by atoms with E-state index >= 15 is 0 Å². The van der Waals surface area contributed by atoms with Crippen molar-refractivity contribution in [2.24, 2.45) is 7.05 Å². The number of nitrogens with one attached hydrogen (secondary N) is 1. The molecule has 1 aliphatic rings. The summed E-state index contributed by atoms with van der Waals surface area (Å²) in [6, 6.07) is 22.1. The van der Waals surface area contributed by atoms with Crippen LogP contribution in [-0.4, -0.2) is 31.8 Å². The van der Waals surface area contributed by atoms with Gasteiger partial charge in [0.1, 0.15) is 12.4 Å². The largest absolute Gasteiger partial charge is 0.488 e. The molecule has 9 heteroatoms. The van der Waals surface area contributed by atoms with E-state index in [1.54, 1.807) is 47.0 Å². The molecule has 8 nitrogen and oxygen atoms in total. The van der Waals surface area contributed by atoms with Gasteiger partial charge in [0.2, 0.25) is 0 Å². The SMILES string of the molecule is Cn1nc(C(=O)N(Cc2ccccc2)Cc2ccc(NC(=O)O)cc2)c2c1-c1cc(Cl)ccc1OC2. The molecule has 2 N–H and O–H groups in total. The van der Waals surface area contributed by atoms with Crippen molar-refractivity contribution in [1.29, 1.82) is 0 Å². The van der Waals surface area contributed by atoms with Crippen LogP contribution >= 0.6 is 11.6 Å². The van der Waals surface area contributed by atoms with Crippen molar-refractivity contribution in [1.82, 2.24) is 14.7 Å². The molecule has 0 radical (unpaired) electrons. The number of ether oxygens (including phenoxy) is 1. The highest BCUT2D eigenvalue weighted by Gasteiger charge is 2.31. The molecule has 4 aromatic rings. The van der Waals surface area contributed by atoms with Crippen molar-refractivity contribution in [2.45, 2.75) is 19.7 Å². The Morgan fingerprint density at radius 1 is 1.06 bits per heavy atom. The smallest absolute Gasteiger partial charge is 0.409 e. The number of fused-ring (bicyclic) bond motifs is 3. The van der Waals surface area contributed by atoms with Crippen LogP contribution in [0, 0.1) is 0 Å². The fraction of sp³-hybridized carbons (Fsp3) is 0.148. The first-order chi connectivity index (χ1) is 17.4. The minimum Gasteiger partial charge on any atom is -0.488 e. The standard InChI is InChI=1S/C27H23ClN4O4/c1-31-25-21-13-19(28)9-12-23(21)36-16-22(25)24(30-31)26(33)32(14-17-5-3-2-4-6-17)15-18-7-10-20(11-8-18)29-27(34)35/h2-13,29H,14-16H2,1H3,(H,34,35). The lowest BCUT2D eigenvalue weighted by Gasteiger charge is -2.24. The van der Waals surface area contributed by atoms with Gasteiger partial charge in [-0.25, -0.2) is 4.79 Å². The monoisotopic (exact) mass is 502 g/mol. The third-order valence-corrected chi connectivity index (χ3v) is 6.23. The van der Waals surface area contributed by atoms with E-state index in [4.69, 9.17) is 21.4 Å². The minimum absolute atomic E-state index is 0.225. The molecular formula is C27H23ClN4O4. The summed E-state index contributed by atoms with van der Waals surface area (Å²) >= 11 is 6.24. The summed E-state index contributed by atoms with van der Waals surface area (Å²) in [6.45, 7) is 0.923. The first-order valence-corrected chi connectivity index (χ1v) is 11.7. The number of benzene rings is 3. The zero-order valence-corrected chi connectivity index (χ0v) is 20.2. The summed E-state index contributed by atoms with van der Waals surface area (Å²) in [4.78, 5) is 26.5. The molecule has 0 bridgehead atoms. The van der Waals surface area contributed by atoms with Crippen molar-refractivity contribution in [3.05, 3.63) is 100 Å². The Kier molecular flexibility index (Phi) is 6.35. The molecule has 2 heterocycles. The van der Waals surface area contributed by atoms with E-state index in [0.29, 0.717) is 35.2 Å². The highest BCUT2D eigenvalue weighted by atomic mass is 35.5. The highest BCUT2D eigenvalue weighted by molar-refractivity contribution is 6.31. The lowest BCUT2D eigenvalue weighted by atomic mass is 10.0. The van der Waals surface area contributed by atoms with Crippen molar-refractivity contribution in [3.8, 4) is 17.0 Å². The van der Waals surface area contributed by atoms with Crippen molar-refractivity contribution in [3.63, 3.8) is 0 Å². The van der Waals surface area contributed by atoms with Gasteiger partial charge in [-0.3, -0.25) is 14.8 Å². The van der Waals surface area contributed by atoms with Gasteiger partial charge in [0, 0.05) is 42.0 Å². The zero-order chi connectivity index (χ0) is 25.2. The Hall–Kier alpha value is -4.30. The number of carboxylic acid groups (broad SMARTS) is 1. The third-order valence-electron chi connectivity index (χ3n) is 6.00. The molecule has 2 amide bonds. The Morgan fingerprint density at radius 2 is 1.75 bits per heavy atom. The predicted octanol–water partition coefficient (Wildman–Crippen LogP) is 5.57. The summed E-state index contributed by atoms with van der Waals surface area (Å²) in [6.07, 6.45) is -1.13. The van der Waals surface area contributed by atoms with Crippen molar-refractivity contribution < 1.29 is 19.4 Å². The topological polar surface area (TPSA) is 96.7 Å². The van der Waals surface area contributed by atoms with Gasteiger partial charge in [0.15, 0.2) is 5.69 Å². The van der Waals surface area contributed by atoms with Crippen LogP contribution in [0.1, 0.15) is 27.2 Å². The Balaban J connectivity index is 1.49. The summed E-state index contributed by atoms with van der Waals surface area (Å²) in [5.41, 5.74) is 4.95. The van der Waals surface area contributed by atoms with Crippen LogP contribution in [0.2, 0.25) is 5.02 Å². The third kappa shape index (κ3) is 4.76. The maximum atomic E-state index is 13.9. The van der Waals surface area contributed by atoms with Crippen LogP contribution in [0.3, 0.4) is 0 Å². The van der Waals surface area contributed by atoms with E-state index < -0.39 is 6.09 Å².